The Labute approximate surface area is 244 Å². The molecule has 2 aliphatic rings. The van der Waals surface area contributed by atoms with Crippen LogP contribution in [0.25, 0.3) is 0 Å². The van der Waals surface area contributed by atoms with E-state index < -0.39 is 12.0 Å². The molecular formula is C29H35Cl2N3O4S. The van der Waals surface area contributed by atoms with Crippen molar-refractivity contribution in [1.82, 2.24) is 10.2 Å². The number of ether oxygens (including phenoxy) is 3. The van der Waals surface area contributed by atoms with Gasteiger partial charge in [0.05, 0.1) is 34.5 Å². The summed E-state index contributed by atoms with van der Waals surface area (Å²) in [6, 6.07) is 12.4. The van der Waals surface area contributed by atoms with Gasteiger partial charge in [-0.2, -0.15) is 0 Å². The molecule has 2 aliphatic heterocycles. The number of halogens is 2. The van der Waals surface area contributed by atoms with E-state index in [1.54, 1.807) is 12.1 Å². The van der Waals surface area contributed by atoms with Crippen molar-refractivity contribution in [3.05, 3.63) is 74.9 Å². The Kier molecular flexibility index (Phi) is 11.4. The molecule has 1 N–H and O–H groups in total. The zero-order valence-corrected chi connectivity index (χ0v) is 24.7. The van der Waals surface area contributed by atoms with E-state index in [-0.39, 0.29) is 19.8 Å². The molecule has 0 bridgehead atoms. The van der Waals surface area contributed by atoms with E-state index in [1.165, 1.54) is 31.0 Å². The normalized spacial score (nSPS) is 17.9. The van der Waals surface area contributed by atoms with Gasteiger partial charge < -0.3 is 24.4 Å². The Bertz CT molecular complexity index is 1200. The van der Waals surface area contributed by atoms with Gasteiger partial charge in [-0.05, 0) is 74.5 Å². The van der Waals surface area contributed by atoms with Crippen LogP contribution >= 0.6 is 35.0 Å². The summed E-state index contributed by atoms with van der Waals surface area (Å²) >= 11 is 14.0. The highest BCUT2D eigenvalue weighted by molar-refractivity contribution is 8.13. The van der Waals surface area contributed by atoms with E-state index in [1.807, 2.05) is 43.5 Å². The van der Waals surface area contributed by atoms with Gasteiger partial charge in [0, 0.05) is 6.54 Å². The van der Waals surface area contributed by atoms with E-state index in [9.17, 15) is 4.79 Å². The first-order valence-electron chi connectivity index (χ1n) is 13.2. The van der Waals surface area contributed by atoms with Gasteiger partial charge in [-0.3, -0.25) is 0 Å². The van der Waals surface area contributed by atoms with Crippen molar-refractivity contribution >= 4 is 46.1 Å². The molecule has 0 spiro atoms. The highest BCUT2D eigenvalue weighted by atomic mass is 35.5. The number of benzene rings is 2. The highest BCUT2D eigenvalue weighted by Crippen LogP contribution is 2.35. The lowest BCUT2D eigenvalue weighted by Gasteiger charge is -2.28. The Balaban J connectivity index is 1.49. The van der Waals surface area contributed by atoms with Crippen LogP contribution in [-0.4, -0.2) is 68.4 Å². The summed E-state index contributed by atoms with van der Waals surface area (Å²) in [5.74, 6) is 0.250. The molecule has 10 heteroatoms. The molecule has 1 fully saturated rings. The molecule has 0 amide bonds. The fourth-order valence-corrected chi connectivity index (χ4v) is 5.32. The number of thioether (sulfide) groups is 1. The molecule has 0 aromatic heterocycles. The number of nitrogens with zero attached hydrogens (tertiary/aromatic N) is 2. The third kappa shape index (κ3) is 8.63. The summed E-state index contributed by atoms with van der Waals surface area (Å²) in [6.45, 7) is 6.20. The van der Waals surface area contributed by atoms with Crippen molar-refractivity contribution in [2.24, 2.45) is 4.99 Å². The van der Waals surface area contributed by atoms with E-state index in [4.69, 9.17) is 42.4 Å². The molecule has 0 radical (unpaired) electrons. The fraction of sp³-hybridized carbons (Fsp3) is 0.448. The van der Waals surface area contributed by atoms with E-state index in [2.05, 4.69) is 10.2 Å². The maximum atomic E-state index is 13.5. The minimum absolute atomic E-state index is 0.0898. The number of rotatable bonds is 11. The Morgan fingerprint density at radius 3 is 2.64 bits per heavy atom. The van der Waals surface area contributed by atoms with Crippen molar-refractivity contribution in [2.75, 3.05) is 52.3 Å². The lowest BCUT2D eigenvalue weighted by atomic mass is 9.96. The molecule has 1 unspecified atom stereocenters. The molecule has 2 aromatic rings. The maximum Gasteiger partial charge on any atom is 0.338 e. The van der Waals surface area contributed by atoms with Gasteiger partial charge in [-0.25, -0.2) is 9.79 Å². The first-order valence-corrected chi connectivity index (χ1v) is 15.2. The second kappa shape index (κ2) is 15.0. The molecule has 1 atom stereocenters. The smallest absolute Gasteiger partial charge is 0.338 e. The van der Waals surface area contributed by atoms with Crippen molar-refractivity contribution in [3.63, 3.8) is 0 Å². The number of likely N-dealkylation sites (tertiary alicyclic amines) is 1. The molecule has 2 aromatic carbocycles. The first-order chi connectivity index (χ1) is 18.9. The van der Waals surface area contributed by atoms with Gasteiger partial charge in [0.1, 0.15) is 25.0 Å². The molecule has 4 rings (SSSR count). The van der Waals surface area contributed by atoms with Crippen LogP contribution in [0.2, 0.25) is 10.0 Å². The third-order valence-corrected chi connectivity index (χ3v) is 7.93. The van der Waals surface area contributed by atoms with Gasteiger partial charge in [-0.15, -0.1) is 0 Å². The second-order valence-corrected chi connectivity index (χ2v) is 11.1. The number of aliphatic imine (C=N–C) groups is 1. The van der Waals surface area contributed by atoms with Crippen molar-refractivity contribution in [3.8, 4) is 5.75 Å². The predicted octanol–water partition coefficient (Wildman–Crippen LogP) is 6.04. The molecular weight excluding hydrogens is 557 g/mol. The van der Waals surface area contributed by atoms with Crippen molar-refractivity contribution in [2.45, 2.75) is 32.2 Å². The molecule has 0 aliphatic carbocycles. The molecule has 39 heavy (non-hydrogen) atoms. The minimum Gasteiger partial charge on any atom is -0.490 e. The van der Waals surface area contributed by atoms with Crippen LogP contribution in [-0.2, 0) is 14.3 Å². The highest BCUT2D eigenvalue weighted by Gasteiger charge is 2.32. The average molecular weight is 593 g/mol. The SMILES string of the molecule is CSC1=NC(c2ccc(Cl)c(Cl)c2)C(C(=O)OCCOc2cccc(C)c2)=C(COCCN2CCCCC2)N1. The van der Waals surface area contributed by atoms with Gasteiger partial charge in [0.2, 0.25) is 0 Å². The number of hydrogen-bond acceptors (Lipinski definition) is 8. The summed E-state index contributed by atoms with van der Waals surface area (Å²) in [6.07, 6.45) is 5.69. The first kappa shape index (κ1) is 29.7. The van der Waals surface area contributed by atoms with Gasteiger partial charge in [0.15, 0.2) is 5.17 Å². The minimum atomic E-state index is -0.616. The lowest BCUT2D eigenvalue weighted by Crippen LogP contribution is -2.35. The third-order valence-electron chi connectivity index (χ3n) is 6.60. The van der Waals surface area contributed by atoms with Gasteiger partial charge in [-0.1, -0.05) is 59.6 Å². The Morgan fingerprint density at radius 2 is 1.90 bits per heavy atom. The van der Waals surface area contributed by atoms with Crippen LogP contribution in [0, 0.1) is 6.92 Å². The molecule has 210 valence electrons. The fourth-order valence-electron chi connectivity index (χ4n) is 4.58. The van der Waals surface area contributed by atoms with E-state index >= 15 is 0 Å². The molecule has 7 nitrogen and oxygen atoms in total. The van der Waals surface area contributed by atoms with Crippen LogP contribution in [0.1, 0.15) is 36.4 Å². The molecule has 0 saturated carbocycles. The standard InChI is InChI=1S/C29H35Cl2N3O4S/c1-20-7-6-8-22(17-20)37-15-16-38-28(35)26-25(19-36-14-13-34-11-4-3-5-12-34)32-29(39-2)33-27(26)21-9-10-23(30)24(31)18-21/h6-10,17-18,27H,3-5,11-16,19H2,1-2H3,(H,32,33). The van der Waals surface area contributed by atoms with Crippen LogP contribution in [0.4, 0.5) is 0 Å². The molecule has 2 heterocycles. The monoisotopic (exact) mass is 591 g/mol. The number of aryl methyl sites for hydroxylation is 1. The lowest BCUT2D eigenvalue weighted by molar-refractivity contribution is -0.140. The second-order valence-electron chi connectivity index (χ2n) is 9.49. The number of piperidine rings is 1. The maximum absolute atomic E-state index is 13.5. The van der Waals surface area contributed by atoms with Crippen LogP contribution in [0.15, 0.2) is 58.7 Å². The van der Waals surface area contributed by atoms with Crippen LogP contribution < -0.4 is 10.1 Å². The number of hydrogen-bond donors (Lipinski definition) is 1. The zero-order valence-electron chi connectivity index (χ0n) is 22.4. The Morgan fingerprint density at radius 1 is 1.08 bits per heavy atom. The van der Waals surface area contributed by atoms with Gasteiger partial charge >= 0.3 is 5.97 Å². The zero-order chi connectivity index (χ0) is 27.6. The Hall–Kier alpha value is -2.23. The van der Waals surface area contributed by atoms with E-state index in [0.29, 0.717) is 33.1 Å². The number of nitrogens with one attached hydrogen (secondary N) is 1. The largest absolute Gasteiger partial charge is 0.490 e. The van der Waals surface area contributed by atoms with Crippen molar-refractivity contribution in [1.29, 1.82) is 0 Å². The van der Waals surface area contributed by atoms with Crippen molar-refractivity contribution < 1.29 is 19.0 Å². The van der Waals surface area contributed by atoms with Crippen LogP contribution in [0.5, 0.6) is 5.75 Å². The summed E-state index contributed by atoms with van der Waals surface area (Å²) in [5, 5.41) is 4.80. The number of carbonyl (C=O) groups is 1. The summed E-state index contributed by atoms with van der Waals surface area (Å²) < 4.78 is 17.5. The predicted molar refractivity (Wildman–Crippen MR) is 159 cm³/mol. The molecule has 1 saturated heterocycles. The number of carbonyl (C=O) groups excluding carboxylic acids is 1. The summed E-state index contributed by atoms with van der Waals surface area (Å²) in [5.41, 5.74) is 2.86. The summed E-state index contributed by atoms with van der Waals surface area (Å²) in [7, 11) is 0. The van der Waals surface area contributed by atoms with Gasteiger partial charge in [0.25, 0.3) is 0 Å². The quantitative estimate of drug-likeness (QED) is 0.252. The van der Waals surface area contributed by atoms with Crippen LogP contribution in [0.3, 0.4) is 0 Å². The number of amidine groups is 1. The van der Waals surface area contributed by atoms with E-state index in [0.717, 1.165) is 36.5 Å². The number of esters is 1. The summed E-state index contributed by atoms with van der Waals surface area (Å²) in [4.78, 5) is 20.7. The average Bonchev–Trinajstić information content (AvgIpc) is 2.95. The topological polar surface area (TPSA) is 72.4 Å².